The van der Waals surface area contributed by atoms with E-state index >= 15 is 0 Å². The second-order valence-corrected chi connectivity index (χ2v) is 5.26. The lowest BCUT2D eigenvalue weighted by Crippen LogP contribution is -2.39. The molecule has 0 aliphatic carbocycles. The molecule has 1 saturated heterocycles. The number of rotatable bonds is 4. The van der Waals surface area contributed by atoms with Crippen LogP contribution in [0.25, 0.3) is 0 Å². The SMILES string of the molecule is C=C1O[C@@H](n2ccc(NC(C)=O)nc2=O)[C@H](OC(C)=O)[C@@H]1OC(C)=O. The highest BCUT2D eigenvalue weighted by Gasteiger charge is 2.47. The fourth-order valence-electron chi connectivity index (χ4n) is 2.32. The molecular weight excluding hydrogens is 334 g/mol. The number of hydrogen-bond donors (Lipinski definition) is 1. The highest BCUT2D eigenvalue weighted by atomic mass is 16.6. The Labute approximate surface area is 142 Å². The van der Waals surface area contributed by atoms with Gasteiger partial charge in [-0.25, -0.2) is 4.79 Å². The summed E-state index contributed by atoms with van der Waals surface area (Å²) >= 11 is 0. The summed E-state index contributed by atoms with van der Waals surface area (Å²) in [5.41, 5.74) is -0.760. The number of nitrogens with one attached hydrogen (secondary N) is 1. The van der Waals surface area contributed by atoms with Gasteiger partial charge in [-0.3, -0.25) is 19.0 Å². The molecular formula is C15H17N3O7. The molecule has 0 saturated carbocycles. The number of amides is 1. The maximum absolute atomic E-state index is 12.2. The van der Waals surface area contributed by atoms with Gasteiger partial charge in [-0.05, 0) is 6.07 Å². The van der Waals surface area contributed by atoms with Crippen LogP contribution in [0.3, 0.4) is 0 Å². The molecule has 10 heteroatoms. The molecule has 1 N–H and O–H groups in total. The van der Waals surface area contributed by atoms with E-state index in [1.807, 2.05) is 0 Å². The average Bonchev–Trinajstić information content (AvgIpc) is 2.74. The van der Waals surface area contributed by atoms with Crippen LogP contribution in [0.4, 0.5) is 5.82 Å². The van der Waals surface area contributed by atoms with E-state index in [-0.39, 0.29) is 17.5 Å². The second-order valence-electron chi connectivity index (χ2n) is 5.26. The zero-order valence-corrected chi connectivity index (χ0v) is 13.8. The second kappa shape index (κ2) is 7.16. The number of carbonyl (C=O) groups excluding carboxylic acids is 3. The largest absolute Gasteiger partial charge is 0.467 e. The van der Waals surface area contributed by atoms with Crippen LogP contribution in [0.5, 0.6) is 0 Å². The van der Waals surface area contributed by atoms with E-state index in [4.69, 9.17) is 14.2 Å². The van der Waals surface area contributed by atoms with Crippen LogP contribution < -0.4 is 11.0 Å². The molecule has 1 aromatic rings. The van der Waals surface area contributed by atoms with Gasteiger partial charge in [0.2, 0.25) is 24.3 Å². The number of anilines is 1. The molecule has 0 aromatic carbocycles. The highest BCUT2D eigenvalue weighted by molar-refractivity contribution is 5.87. The van der Waals surface area contributed by atoms with E-state index in [1.54, 1.807) is 0 Å². The van der Waals surface area contributed by atoms with Gasteiger partial charge in [-0.1, -0.05) is 6.58 Å². The summed E-state index contributed by atoms with van der Waals surface area (Å²) in [4.78, 5) is 49.6. The third-order valence-corrected chi connectivity index (χ3v) is 3.17. The van der Waals surface area contributed by atoms with Crippen molar-refractivity contribution in [3.63, 3.8) is 0 Å². The van der Waals surface area contributed by atoms with Gasteiger partial charge >= 0.3 is 17.6 Å². The summed E-state index contributed by atoms with van der Waals surface area (Å²) in [5, 5.41) is 2.37. The molecule has 1 aliphatic rings. The Morgan fingerprint density at radius 3 is 2.40 bits per heavy atom. The van der Waals surface area contributed by atoms with Gasteiger partial charge in [0.15, 0.2) is 0 Å². The number of nitrogens with zero attached hydrogens (tertiary/aromatic N) is 2. The molecule has 0 bridgehead atoms. The van der Waals surface area contributed by atoms with Crippen molar-refractivity contribution in [3.05, 3.63) is 35.1 Å². The van der Waals surface area contributed by atoms with Crippen LogP contribution in [-0.4, -0.2) is 39.6 Å². The van der Waals surface area contributed by atoms with E-state index in [1.165, 1.54) is 33.0 Å². The van der Waals surface area contributed by atoms with Gasteiger partial charge in [0.1, 0.15) is 11.6 Å². The van der Waals surface area contributed by atoms with E-state index < -0.39 is 36.1 Å². The molecule has 25 heavy (non-hydrogen) atoms. The zero-order chi connectivity index (χ0) is 18.7. The quantitative estimate of drug-likeness (QED) is 0.758. The monoisotopic (exact) mass is 351 g/mol. The number of carbonyl (C=O) groups is 3. The van der Waals surface area contributed by atoms with Crippen LogP contribution in [0.2, 0.25) is 0 Å². The summed E-state index contributed by atoms with van der Waals surface area (Å²) in [5.74, 6) is -1.57. The van der Waals surface area contributed by atoms with Gasteiger partial charge < -0.3 is 19.5 Å². The normalized spacial score (nSPS) is 22.0. The number of ether oxygens (including phenoxy) is 3. The van der Waals surface area contributed by atoms with Crippen molar-refractivity contribution in [3.8, 4) is 0 Å². The number of aromatic nitrogens is 2. The Hall–Kier alpha value is -3.17. The molecule has 1 aromatic heterocycles. The first-order valence-corrected chi connectivity index (χ1v) is 7.25. The average molecular weight is 351 g/mol. The van der Waals surface area contributed by atoms with Gasteiger partial charge in [0.05, 0.1) is 0 Å². The summed E-state index contributed by atoms with van der Waals surface area (Å²) in [6, 6.07) is 1.37. The summed E-state index contributed by atoms with van der Waals surface area (Å²) in [6.07, 6.45) is -1.98. The van der Waals surface area contributed by atoms with Crippen molar-refractivity contribution in [2.45, 2.75) is 39.2 Å². The number of hydrogen-bond acceptors (Lipinski definition) is 8. The molecule has 134 valence electrons. The molecule has 3 atom stereocenters. The summed E-state index contributed by atoms with van der Waals surface area (Å²) in [7, 11) is 0. The lowest BCUT2D eigenvalue weighted by molar-refractivity contribution is -0.164. The van der Waals surface area contributed by atoms with Gasteiger partial charge in [-0.15, -0.1) is 0 Å². The molecule has 0 unspecified atom stereocenters. The molecule has 1 amide bonds. The summed E-state index contributed by atoms with van der Waals surface area (Å²) < 4.78 is 16.7. The van der Waals surface area contributed by atoms with Crippen molar-refractivity contribution < 1.29 is 28.6 Å². The third-order valence-electron chi connectivity index (χ3n) is 3.17. The summed E-state index contributed by atoms with van der Waals surface area (Å²) in [6.45, 7) is 7.25. The Morgan fingerprint density at radius 2 is 1.88 bits per heavy atom. The minimum atomic E-state index is -1.12. The third kappa shape index (κ3) is 4.22. The Balaban J connectivity index is 2.37. The smallest absolute Gasteiger partial charge is 0.352 e. The molecule has 10 nitrogen and oxygen atoms in total. The molecule has 1 fully saturated rings. The fraction of sp³-hybridized carbons (Fsp3) is 0.400. The minimum Gasteiger partial charge on any atom is -0.467 e. The molecule has 2 rings (SSSR count). The Bertz CT molecular complexity index is 786. The van der Waals surface area contributed by atoms with Crippen LogP contribution in [0.1, 0.15) is 27.0 Å². The van der Waals surface area contributed by atoms with Crippen LogP contribution in [-0.2, 0) is 28.6 Å². The van der Waals surface area contributed by atoms with E-state index in [0.717, 1.165) is 4.57 Å². The van der Waals surface area contributed by atoms with Gasteiger partial charge in [-0.2, -0.15) is 4.98 Å². The highest BCUT2D eigenvalue weighted by Crippen LogP contribution is 2.34. The van der Waals surface area contributed by atoms with Crippen molar-refractivity contribution >= 4 is 23.7 Å². The van der Waals surface area contributed by atoms with Gasteiger partial charge in [0.25, 0.3) is 0 Å². The lowest BCUT2D eigenvalue weighted by atomic mass is 10.2. The van der Waals surface area contributed by atoms with Gasteiger partial charge in [0, 0.05) is 27.0 Å². The first-order valence-electron chi connectivity index (χ1n) is 7.25. The maximum Gasteiger partial charge on any atom is 0.352 e. The van der Waals surface area contributed by atoms with Crippen LogP contribution in [0, 0.1) is 0 Å². The first-order chi connectivity index (χ1) is 11.7. The van der Waals surface area contributed by atoms with Crippen LogP contribution >= 0.6 is 0 Å². The standard InChI is InChI=1S/C15H17N3O7/c1-7-12(24-9(3)20)13(25-10(4)21)14(23-7)18-6-5-11(16-8(2)19)17-15(18)22/h5-6,12-14H,1H2,2-4H3,(H,16,17,19,22)/t12-,13-,14-/m1/s1. The predicted octanol–water partition coefficient (Wildman–Crippen LogP) is 0.108. The zero-order valence-electron chi connectivity index (χ0n) is 13.8. The fourth-order valence-corrected chi connectivity index (χ4v) is 2.32. The Kier molecular flexibility index (Phi) is 5.20. The van der Waals surface area contributed by atoms with Crippen LogP contribution in [0.15, 0.2) is 29.4 Å². The minimum absolute atomic E-state index is 0.0317. The molecule has 1 aliphatic heterocycles. The maximum atomic E-state index is 12.2. The van der Waals surface area contributed by atoms with E-state index in [9.17, 15) is 19.2 Å². The first kappa shape index (κ1) is 18.2. The van der Waals surface area contributed by atoms with Crippen molar-refractivity contribution in [1.29, 1.82) is 0 Å². The molecule has 0 radical (unpaired) electrons. The Morgan fingerprint density at radius 1 is 1.24 bits per heavy atom. The van der Waals surface area contributed by atoms with Crippen molar-refractivity contribution in [1.82, 2.24) is 9.55 Å². The molecule has 2 heterocycles. The van der Waals surface area contributed by atoms with E-state index in [2.05, 4.69) is 16.9 Å². The predicted molar refractivity (Wildman–Crippen MR) is 83.2 cm³/mol. The topological polar surface area (TPSA) is 126 Å². The lowest BCUT2D eigenvalue weighted by Gasteiger charge is -2.22. The number of esters is 2. The van der Waals surface area contributed by atoms with Crippen molar-refractivity contribution in [2.24, 2.45) is 0 Å². The molecule has 0 spiro atoms. The van der Waals surface area contributed by atoms with Crippen molar-refractivity contribution in [2.75, 3.05) is 5.32 Å². The van der Waals surface area contributed by atoms with E-state index in [0.29, 0.717) is 0 Å².